The zero-order valence-corrected chi connectivity index (χ0v) is 13.2. The lowest BCUT2D eigenvalue weighted by Gasteiger charge is -2.27. The van der Waals surface area contributed by atoms with Crippen LogP contribution >= 0.6 is 0 Å². The number of nitrogens with one attached hydrogen (secondary N) is 1. The van der Waals surface area contributed by atoms with Crippen LogP contribution in [-0.4, -0.2) is 18.5 Å². The minimum atomic E-state index is 0.149. The Morgan fingerprint density at radius 1 is 1.27 bits per heavy atom. The zero-order chi connectivity index (χ0) is 15.2. The van der Waals surface area contributed by atoms with Gasteiger partial charge in [-0.2, -0.15) is 0 Å². The van der Waals surface area contributed by atoms with Gasteiger partial charge in [-0.15, -0.1) is 0 Å². The molecule has 4 atom stereocenters. The van der Waals surface area contributed by atoms with Gasteiger partial charge in [0, 0.05) is 17.4 Å². The molecule has 3 N–H and O–H groups in total. The van der Waals surface area contributed by atoms with E-state index in [4.69, 9.17) is 5.73 Å². The van der Waals surface area contributed by atoms with E-state index in [1.54, 1.807) is 0 Å². The van der Waals surface area contributed by atoms with Gasteiger partial charge in [0.1, 0.15) is 0 Å². The average molecular weight is 298 g/mol. The summed E-state index contributed by atoms with van der Waals surface area (Å²) >= 11 is 0. The van der Waals surface area contributed by atoms with Gasteiger partial charge in [0.15, 0.2) is 0 Å². The van der Waals surface area contributed by atoms with Crippen LogP contribution in [0.3, 0.4) is 0 Å². The number of carbonyl (C=O) groups is 1. The molecule has 0 aliphatic heterocycles. The van der Waals surface area contributed by atoms with E-state index in [0.29, 0.717) is 18.5 Å². The van der Waals surface area contributed by atoms with Crippen LogP contribution in [-0.2, 0) is 16.6 Å². The SMILES string of the molecule is NCC1CCCC1NC(=O)C1CC12CCCc1ccccc12. The van der Waals surface area contributed by atoms with Gasteiger partial charge in [-0.3, -0.25) is 4.79 Å². The van der Waals surface area contributed by atoms with E-state index >= 15 is 0 Å². The first-order valence-corrected chi connectivity index (χ1v) is 8.83. The van der Waals surface area contributed by atoms with E-state index in [9.17, 15) is 4.79 Å². The van der Waals surface area contributed by atoms with Crippen molar-refractivity contribution < 1.29 is 4.79 Å². The summed E-state index contributed by atoms with van der Waals surface area (Å²) in [6.07, 6.45) is 8.07. The van der Waals surface area contributed by atoms with Crippen molar-refractivity contribution in [1.29, 1.82) is 0 Å². The lowest BCUT2D eigenvalue weighted by atomic mass is 9.78. The van der Waals surface area contributed by atoms with Gasteiger partial charge in [0.05, 0.1) is 0 Å². The molecular formula is C19H26N2O. The molecular weight excluding hydrogens is 272 g/mol. The molecule has 3 aliphatic rings. The molecule has 1 aromatic carbocycles. The highest BCUT2D eigenvalue weighted by Crippen LogP contribution is 2.60. The summed E-state index contributed by atoms with van der Waals surface area (Å²) in [7, 11) is 0. The number of rotatable bonds is 3. The summed E-state index contributed by atoms with van der Waals surface area (Å²) in [5.74, 6) is 0.951. The molecule has 4 rings (SSSR count). The Morgan fingerprint density at radius 2 is 2.14 bits per heavy atom. The number of hydrogen-bond acceptors (Lipinski definition) is 2. The molecule has 0 saturated heterocycles. The van der Waals surface area contributed by atoms with Gasteiger partial charge >= 0.3 is 0 Å². The Morgan fingerprint density at radius 3 is 3.00 bits per heavy atom. The van der Waals surface area contributed by atoms with Crippen LogP contribution in [0, 0.1) is 11.8 Å². The lowest BCUT2D eigenvalue weighted by Crippen LogP contribution is -2.41. The summed E-state index contributed by atoms with van der Waals surface area (Å²) in [6.45, 7) is 0.698. The van der Waals surface area contributed by atoms with Crippen molar-refractivity contribution >= 4 is 5.91 Å². The molecule has 2 saturated carbocycles. The van der Waals surface area contributed by atoms with Crippen molar-refractivity contribution in [3.05, 3.63) is 35.4 Å². The molecule has 4 unspecified atom stereocenters. The van der Waals surface area contributed by atoms with Crippen molar-refractivity contribution in [2.45, 2.75) is 56.4 Å². The van der Waals surface area contributed by atoms with Crippen LogP contribution in [0.25, 0.3) is 0 Å². The van der Waals surface area contributed by atoms with Crippen LogP contribution in [0.4, 0.5) is 0 Å². The van der Waals surface area contributed by atoms with E-state index < -0.39 is 0 Å². The predicted octanol–water partition coefficient (Wildman–Crippen LogP) is 2.52. The first-order chi connectivity index (χ1) is 10.7. The first kappa shape index (κ1) is 14.3. The number of nitrogens with two attached hydrogens (primary N) is 1. The summed E-state index contributed by atoms with van der Waals surface area (Å²) in [5, 5.41) is 3.33. The Bertz CT molecular complexity index is 585. The van der Waals surface area contributed by atoms with Crippen LogP contribution in [0.15, 0.2) is 24.3 Å². The number of hydrogen-bond donors (Lipinski definition) is 2. The number of fused-ring (bicyclic) bond motifs is 2. The first-order valence-electron chi connectivity index (χ1n) is 8.83. The maximum atomic E-state index is 12.8. The molecule has 118 valence electrons. The number of aryl methyl sites for hydroxylation is 1. The van der Waals surface area contributed by atoms with Gasteiger partial charge in [-0.1, -0.05) is 30.7 Å². The molecule has 2 fully saturated rings. The second kappa shape index (κ2) is 5.38. The van der Waals surface area contributed by atoms with Crippen LogP contribution in [0.5, 0.6) is 0 Å². The maximum Gasteiger partial charge on any atom is 0.224 e. The van der Waals surface area contributed by atoms with Crippen molar-refractivity contribution in [3.63, 3.8) is 0 Å². The largest absolute Gasteiger partial charge is 0.353 e. The van der Waals surface area contributed by atoms with Crippen LogP contribution in [0.1, 0.15) is 49.7 Å². The molecule has 0 radical (unpaired) electrons. The molecule has 3 aliphatic carbocycles. The molecule has 1 aromatic rings. The summed E-state index contributed by atoms with van der Waals surface area (Å²) in [5.41, 5.74) is 8.90. The standard InChI is InChI=1S/C19H26N2O/c20-12-14-6-3-9-17(14)21-18(22)16-11-19(16)10-4-7-13-5-1-2-8-15(13)19/h1-2,5,8,14,16-17H,3-4,6-7,9-12,20H2,(H,21,22). The van der Waals surface area contributed by atoms with Crippen molar-refractivity contribution in [3.8, 4) is 0 Å². The fourth-order valence-electron chi connectivity index (χ4n) is 4.97. The topological polar surface area (TPSA) is 55.1 Å². The molecule has 3 heteroatoms. The third-order valence-electron chi connectivity index (χ3n) is 6.30. The highest BCUT2D eigenvalue weighted by molar-refractivity contribution is 5.85. The van der Waals surface area contributed by atoms with Gasteiger partial charge in [0.2, 0.25) is 5.91 Å². The minimum absolute atomic E-state index is 0.149. The second-order valence-corrected chi connectivity index (χ2v) is 7.47. The fraction of sp³-hybridized carbons (Fsp3) is 0.632. The minimum Gasteiger partial charge on any atom is -0.353 e. The average Bonchev–Trinajstić information content (AvgIpc) is 3.08. The van der Waals surface area contributed by atoms with Gasteiger partial charge in [-0.05, 0) is 62.1 Å². The number of amides is 1. The highest BCUT2D eigenvalue weighted by Gasteiger charge is 2.60. The van der Waals surface area contributed by atoms with E-state index in [-0.39, 0.29) is 17.2 Å². The normalized spacial score (nSPS) is 36.1. The van der Waals surface area contributed by atoms with E-state index in [2.05, 4.69) is 29.6 Å². The molecule has 22 heavy (non-hydrogen) atoms. The van der Waals surface area contributed by atoms with Crippen molar-refractivity contribution in [2.75, 3.05) is 6.54 Å². The maximum absolute atomic E-state index is 12.8. The summed E-state index contributed by atoms with van der Waals surface area (Å²) in [6, 6.07) is 9.06. The molecule has 1 spiro atoms. The smallest absolute Gasteiger partial charge is 0.224 e. The fourth-order valence-corrected chi connectivity index (χ4v) is 4.97. The van der Waals surface area contributed by atoms with Crippen molar-refractivity contribution in [2.24, 2.45) is 17.6 Å². The van der Waals surface area contributed by atoms with E-state index in [1.165, 1.54) is 43.2 Å². The summed E-state index contributed by atoms with van der Waals surface area (Å²) in [4.78, 5) is 12.8. The third kappa shape index (κ3) is 2.18. The Labute approximate surface area is 132 Å². The number of carbonyl (C=O) groups excluding carboxylic acids is 1. The molecule has 0 bridgehead atoms. The Balaban J connectivity index is 1.49. The van der Waals surface area contributed by atoms with Gasteiger partial charge < -0.3 is 11.1 Å². The van der Waals surface area contributed by atoms with Crippen molar-refractivity contribution in [1.82, 2.24) is 5.32 Å². The molecule has 0 heterocycles. The van der Waals surface area contributed by atoms with Crippen LogP contribution in [0.2, 0.25) is 0 Å². The second-order valence-electron chi connectivity index (χ2n) is 7.47. The zero-order valence-electron chi connectivity index (χ0n) is 13.2. The highest BCUT2D eigenvalue weighted by atomic mass is 16.2. The molecule has 1 amide bonds. The van der Waals surface area contributed by atoms with Gasteiger partial charge in [0.25, 0.3) is 0 Å². The molecule has 3 nitrogen and oxygen atoms in total. The molecule has 0 aromatic heterocycles. The van der Waals surface area contributed by atoms with E-state index in [0.717, 1.165) is 12.8 Å². The summed E-state index contributed by atoms with van der Waals surface area (Å²) < 4.78 is 0. The quantitative estimate of drug-likeness (QED) is 0.901. The third-order valence-corrected chi connectivity index (χ3v) is 6.30. The van der Waals surface area contributed by atoms with Crippen LogP contribution < -0.4 is 11.1 Å². The Hall–Kier alpha value is -1.35. The van der Waals surface area contributed by atoms with Gasteiger partial charge in [-0.25, -0.2) is 0 Å². The predicted molar refractivity (Wildman–Crippen MR) is 87.5 cm³/mol. The number of benzene rings is 1. The lowest BCUT2D eigenvalue weighted by molar-refractivity contribution is -0.123. The van der Waals surface area contributed by atoms with E-state index in [1.807, 2.05) is 0 Å². The monoisotopic (exact) mass is 298 g/mol. The Kier molecular flexibility index (Phi) is 3.48.